The van der Waals surface area contributed by atoms with Gasteiger partial charge in [0.25, 0.3) is 0 Å². The van der Waals surface area contributed by atoms with Gasteiger partial charge in [0.05, 0.1) is 6.10 Å². The Morgan fingerprint density at radius 2 is 2.00 bits per heavy atom. The number of hydrogen-bond acceptors (Lipinski definition) is 5. The Hall–Kier alpha value is -0.100. The maximum Gasteiger partial charge on any atom is 0.151 e. The highest BCUT2D eigenvalue weighted by Crippen LogP contribution is 2.04. The zero-order valence-corrected chi connectivity index (χ0v) is 6.99. The molecule has 0 bridgehead atoms. The predicted octanol–water partition coefficient (Wildman–Crippen LogP) is -1.37. The number of rotatable bonds is 5. The van der Waals surface area contributed by atoms with Gasteiger partial charge in [-0.05, 0) is 6.26 Å². The molecule has 0 aliphatic carbocycles. The largest absolute Gasteiger partial charge is 0.389 e. The van der Waals surface area contributed by atoms with E-state index in [1.165, 1.54) is 11.8 Å². The summed E-state index contributed by atoms with van der Waals surface area (Å²) in [6.45, 7) is 0. The van der Waals surface area contributed by atoms with Gasteiger partial charge in [-0.1, -0.05) is 0 Å². The molecule has 66 valence electrons. The van der Waals surface area contributed by atoms with Gasteiger partial charge in [-0.15, -0.1) is 0 Å². The SMILES string of the molecule is CSC[C@H](O)[C@H](O)[C@H](O)C=O. The third-order valence-corrected chi connectivity index (χ3v) is 1.90. The Morgan fingerprint density at radius 3 is 2.36 bits per heavy atom. The van der Waals surface area contributed by atoms with Gasteiger partial charge >= 0.3 is 0 Å². The zero-order valence-electron chi connectivity index (χ0n) is 6.17. The van der Waals surface area contributed by atoms with Crippen LogP contribution in [0.5, 0.6) is 0 Å². The highest BCUT2D eigenvalue weighted by atomic mass is 32.2. The molecule has 0 fully saturated rings. The summed E-state index contributed by atoms with van der Waals surface area (Å²) >= 11 is 1.33. The minimum Gasteiger partial charge on any atom is -0.389 e. The van der Waals surface area contributed by atoms with Crippen molar-refractivity contribution in [3.63, 3.8) is 0 Å². The molecule has 11 heavy (non-hydrogen) atoms. The fourth-order valence-corrected chi connectivity index (χ4v) is 1.12. The van der Waals surface area contributed by atoms with E-state index in [2.05, 4.69) is 0 Å². The molecule has 0 aromatic rings. The Morgan fingerprint density at radius 1 is 1.45 bits per heavy atom. The second-order valence-electron chi connectivity index (χ2n) is 2.14. The van der Waals surface area contributed by atoms with Gasteiger partial charge in [0.2, 0.25) is 0 Å². The Kier molecular flexibility index (Phi) is 5.49. The number of carbonyl (C=O) groups is 1. The fraction of sp³-hybridized carbons (Fsp3) is 0.833. The molecule has 0 aliphatic heterocycles. The number of aldehydes is 1. The van der Waals surface area contributed by atoms with E-state index in [0.29, 0.717) is 5.75 Å². The topological polar surface area (TPSA) is 77.8 Å². The molecule has 0 radical (unpaired) electrons. The van der Waals surface area contributed by atoms with E-state index in [0.717, 1.165) is 0 Å². The van der Waals surface area contributed by atoms with E-state index < -0.39 is 18.3 Å². The van der Waals surface area contributed by atoms with Crippen LogP contribution in [0.4, 0.5) is 0 Å². The Bertz CT molecular complexity index is 119. The third kappa shape index (κ3) is 3.71. The molecule has 0 heterocycles. The van der Waals surface area contributed by atoms with Crippen molar-refractivity contribution in [1.29, 1.82) is 0 Å². The van der Waals surface area contributed by atoms with Gasteiger partial charge in [-0.2, -0.15) is 11.8 Å². The average Bonchev–Trinajstić information content (AvgIpc) is 2.02. The van der Waals surface area contributed by atoms with Gasteiger partial charge in [0, 0.05) is 5.75 Å². The molecule has 0 unspecified atom stereocenters. The highest BCUT2D eigenvalue weighted by molar-refractivity contribution is 7.98. The fourth-order valence-electron chi connectivity index (χ4n) is 0.577. The van der Waals surface area contributed by atoms with E-state index in [1.807, 2.05) is 0 Å². The van der Waals surface area contributed by atoms with Crippen molar-refractivity contribution >= 4 is 18.0 Å². The molecule has 0 aromatic carbocycles. The van der Waals surface area contributed by atoms with E-state index >= 15 is 0 Å². The maximum atomic E-state index is 9.93. The van der Waals surface area contributed by atoms with Crippen LogP contribution >= 0.6 is 11.8 Å². The van der Waals surface area contributed by atoms with Crippen molar-refractivity contribution < 1.29 is 20.1 Å². The van der Waals surface area contributed by atoms with E-state index in [-0.39, 0.29) is 6.29 Å². The van der Waals surface area contributed by atoms with Crippen LogP contribution in [-0.2, 0) is 4.79 Å². The van der Waals surface area contributed by atoms with Crippen LogP contribution in [0.1, 0.15) is 0 Å². The monoisotopic (exact) mass is 180 g/mol. The molecule has 3 atom stereocenters. The second kappa shape index (κ2) is 5.54. The summed E-state index contributed by atoms with van der Waals surface area (Å²) in [5.74, 6) is 0.298. The maximum absolute atomic E-state index is 9.93. The van der Waals surface area contributed by atoms with Gasteiger partial charge in [-0.3, -0.25) is 0 Å². The second-order valence-corrected chi connectivity index (χ2v) is 3.05. The lowest BCUT2D eigenvalue weighted by molar-refractivity contribution is -0.124. The molecule has 5 heteroatoms. The highest BCUT2D eigenvalue weighted by Gasteiger charge is 2.23. The quantitative estimate of drug-likeness (QED) is 0.455. The van der Waals surface area contributed by atoms with Crippen molar-refractivity contribution in [2.24, 2.45) is 0 Å². The summed E-state index contributed by atoms with van der Waals surface area (Å²) in [6, 6.07) is 0. The van der Waals surface area contributed by atoms with Crippen molar-refractivity contribution in [3.05, 3.63) is 0 Å². The summed E-state index contributed by atoms with van der Waals surface area (Å²) in [5, 5.41) is 26.7. The van der Waals surface area contributed by atoms with Crippen molar-refractivity contribution in [2.45, 2.75) is 18.3 Å². The number of aliphatic hydroxyl groups is 3. The lowest BCUT2D eigenvalue weighted by Gasteiger charge is -2.17. The molecule has 0 spiro atoms. The standard InChI is InChI=1S/C6H12O4S/c1-11-3-5(9)6(10)4(8)2-7/h2,4-6,8-10H,3H2,1H3/t4-,5+,6-/m1/s1. The molecule has 0 aromatic heterocycles. The van der Waals surface area contributed by atoms with Gasteiger partial charge in [-0.25, -0.2) is 0 Å². The van der Waals surface area contributed by atoms with Crippen LogP contribution < -0.4 is 0 Å². The molecule has 0 aliphatic rings. The first kappa shape index (κ1) is 10.9. The van der Waals surface area contributed by atoms with Crippen LogP contribution in [0, 0.1) is 0 Å². The Labute approximate surface area is 69.2 Å². The van der Waals surface area contributed by atoms with Crippen LogP contribution in [0.2, 0.25) is 0 Å². The van der Waals surface area contributed by atoms with Crippen molar-refractivity contribution in [2.75, 3.05) is 12.0 Å². The van der Waals surface area contributed by atoms with Crippen LogP contribution in [0.25, 0.3) is 0 Å². The first-order chi connectivity index (χ1) is 5.13. The van der Waals surface area contributed by atoms with Crippen molar-refractivity contribution in [1.82, 2.24) is 0 Å². The molecule has 4 nitrogen and oxygen atoms in total. The summed E-state index contributed by atoms with van der Waals surface area (Å²) < 4.78 is 0. The van der Waals surface area contributed by atoms with Crippen molar-refractivity contribution in [3.8, 4) is 0 Å². The lowest BCUT2D eigenvalue weighted by atomic mass is 10.1. The van der Waals surface area contributed by atoms with Gasteiger partial charge < -0.3 is 20.1 Å². The third-order valence-electron chi connectivity index (χ3n) is 1.22. The van der Waals surface area contributed by atoms with E-state index in [4.69, 9.17) is 15.3 Å². The normalized spacial score (nSPS) is 18.9. The first-order valence-electron chi connectivity index (χ1n) is 3.12. The molecule has 0 rings (SSSR count). The number of carbonyl (C=O) groups excluding carboxylic acids is 1. The first-order valence-corrected chi connectivity index (χ1v) is 4.51. The minimum atomic E-state index is -1.49. The number of hydrogen-bond donors (Lipinski definition) is 3. The summed E-state index contributed by atoms with van der Waals surface area (Å²) in [4.78, 5) is 9.93. The molecule has 0 saturated heterocycles. The summed E-state index contributed by atoms with van der Waals surface area (Å²) in [6.07, 6.45) is -1.96. The van der Waals surface area contributed by atoms with Crippen LogP contribution in [0.15, 0.2) is 0 Å². The minimum absolute atomic E-state index is 0.203. The van der Waals surface area contributed by atoms with Gasteiger partial charge in [0.15, 0.2) is 6.29 Å². The average molecular weight is 180 g/mol. The van der Waals surface area contributed by atoms with Crippen LogP contribution in [-0.4, -0.2) is 51.9 Å². The van der Waals surface area contributed by atoms with E-state index in [9.17, 15) is 4.79 Å². The van der Waals surface area contributed by atoms with E-state index in [1.54, 1.807) is 6.26 Å². The molecular weight excluding hydrogens is 168 g/mol. The Balaban J connectivity index is 3.79. The lowest BCUT2D eigenvalue weighted by Crippen LogP contribution is -2.39. The number of aliphatic hydroxyl groups excluding tert-OH is 3. The summed E-state index contributed by atoms with van der Waals surface area (Å²) in [5.41, 5.74) is 0. The van der Waals surface area contributed by atoms with Gasteiger partial charge in [0.1, 0.15) is 12.2 Å². The smallest absolute Gasteiger partial charge is 0.151 e. The molecule has 3 N–H and O–H groups in total. The number of thioether (sulfide) groups is 1. The zero-order chi connectivity index (χ0) is 8.85. The molecule has 0 amide bonds. The van der Waals surface area contributed by atoms with Crippen LogP contribution in [0.3, 0.4) is 0 Å². The predicted molar refractivity (Wildman–Crippen MR) is 42.5 cm³/mol. The summed E-state index contributed by atoms with van der Waals surface area (Å²) in [7, 11) is 0. The molecular formula is C6H12O4S. The molecule has 0 saturated carbocycles.